The zero-order chi connectivity index (χ0) is 23.8. The van der Waals surface area contributed by atoms with E-state index in [1.807, 2.05) is 0 Å². The molecule has 0 aliphatic heterocycles. The Hall–Kier alpha value is -2.08. The Bertz CT molecular complexity index is 956. The molecule has 0 aliphatic rings. The molecule has 2 aromatic rings. The Morgan fingerprint density at radius 3 is 2.13 bits per heavy atom. The van der Waals surface area contributed by atoms with Crippen LogP contribution >= 0.6 is 27.5 Å². The van der Waals surface area contributed by atoms with Crippen LogP contribution in [-0.2, 0) is 5.67 Å². The first-order valence-corrected chi connectivity index (χ1v) is 9.47. The van der Waals surface area contributed by atoms with Crippen LogP contribution in [-0.4, -0.2) is 24.8 Å². The lowest BCUT2D eigenvalue weighted by Crippen LogP contribution is -2.50. The van der Waals surface area contributed by atoms with Gasteiger partial charge >= 0.3 is 18.0 Å². The second-order valence-electron chi connectivity index (χ2n) is 6.12. The molecule has 31 heavy (non-hydrogen) atoms. The van der Waals surface area contributed by atoms with Gasteiger partial charge in [0.05, 0.1) is 22.0 Å². The zero-order valence-electron chi connectivity index (χ0n) is 15.3. The van der Waals surface area contributed by atoms with Crippen molar-refractivity contribution in [1.29, 1.82) is 0 Å². The molecule has 0 spiro atoms. The molecule has 2 N–H and O–H groups in total. The van der Waals surface area contributed by atoms with E-state index >= 15 is 0 Å². The molecule has 0 fully saturated rings. The summed E-state index contributed by atoms with van der Waals surface area (Å²) in [5.41, 5.74) is -8.51. The third-order valence-electron chi connectivity index (χ3n) is 4.07. The maximum absolute atomic E-state index is 14.4. The summed E-state index contributed by atoms with van der Waals surface area (Å²) in [6, 6.07) is 4.08. The van der Waals surface area contributed by atoms with Gasteiger partial charge in [-0.3, -0.25) is 4.79 Å². The van der Waals surface area contributed by atoms with E-state index in [-0.39, 0.29) is 17.8 Å². The van der Waals surface area contributed by atoms with E-state index in [0.717, 1.165) is 6.07 Å². The Morgan fingerprint density at radius 2 is 1.65 bits per heavy atom. The largest absolute Gasteiger partial charge is 0.435 e. The van der Waals surface area contributed by atoms with E-state index in [0.29, 0.717) is 6.54 Å². The summed E-state index contributed by atoms with van der Waals surface area (Å²) in [4.78, 5) is 12.4. The summed E-state index contributed by atoms with van der Waals surface area (Å²) in [5, 5.41) is 3.92. The molecule has 0 aromatic heterocycles. The lowest BCUT2D eigenvalue weighted by molar-refractivity contribution is -0.348. The normalized spacial score (nSPS) is 12.6. The van der Waals surface area contributed by atoms with Gasteiger partial charge in [-0.1, -0.05) is 17.7 Å². The lowest BCUT2D eigenvalue weighted by atomic mass is 9.94. The van der Waals surface area contributed by atoms with Gasteiger partial charge in [0.2, 0.25) is 0 Å². The molecule has 0 bridgehead atoms. The number of benzene rings is 2. The summed E-state index contributed by atoms with van der Waals surface area (Å²) < 4.78 is 106. The van der Waals surface area contributed by atoms with Gasteiger partial charge in [-0.25, -0.2) is 8.78 Å². The minimum atomic E-state index is -6.34. The fourth-order valence-electron chi connectivity index (χ4n) is 2.59. The van der Waals surface area contributed by atoms with Crippen LogP contribution in [0.25, 0.3) is 0 Å². The van der Waals surface area contributed by atoms with Gasteiger partial charge in [0.25, 0.3) is 5.91 Å². The molecule has 0 atom stereocenters. The minimum Gasteiger partial charge on any atom is -0.383 e. The van der Waals surface area contributed by atoms with Crippen molar-refractivity contribution >= 4 is 44.8 Å². The first-order valence-electron chi connectivity index (χ1n) is 8.30. The van der Waals surface area contributed by atoms with Crippen molar-refractivity contribution in [3.05, 3.63) is 56.8 Å². The van der Waals surface area contributed by atoms with Gasteiger partial charge < -0.3 is 10.6 Å². The molecule has 170 valence electrons. The van der Waals surface area contributed by atoms with Crippen molar-refractivity contribution in [3.8, 4) is 0 Å². The predicted molar refractivity (Wildman–Crippen MR) is 103 cm³/mol. The third kappa shape index (κ3) is 4.74. The molecule has 0 aliphatic carbocycles. The Morgan fingerprint density at radius 1 is 1.06 bits per heavy atom. The van der Waals surface area contributed by atoms with E-state index in [1.54, 1.807) is 6.92 Å². The molecule has 0 radical (unpaired) electrons. The summed E-state index contributed by atoms with van der Waals surface area (Å²) in [5.74, 6) is -2.03. The Kier molecular flexibility index (Phi) is 7.16. The van der Waals surface area contributed by atoms with E-state index in [1.165, 1.54) is 12.1 Å². The second-order valence-corrected chi connectivity index (χ2v) is 7.38. The first kappa shape index (κ1) is 25.2. The number of nitrogens with one attached hydrogen (secondary N) is 2. The molecular weight excluding hydrogens is 528 g/mol. The molecule has 0 saturated heterocycles. The number of carbonyl (C=O) groups excluding carboxylic acids is 1. The molecule has 13 heteroatoms. The average molecular weight is 540 g/mol. The van der Waals surface area contributed by atoms with Crippen LogP contribution in [0.1, 0.15) is 22.8 Å². The smallest absolute Gasteiger partial charge is 0.383 e. The highest BCUT2D eigenvalue weighted by atomic mass is 79.9. The van der Waals surface area contributed by atoms with Gasteiger partial charge in [0.15, 0.2) is 5.82 Å². The van der Waals surface area contributed by atoms with E-state index in [2.05, 4.69) is 26.6 Å². The summed E-state index contributed by atoms with van der Waals surface area (Å²) in [6.07, 6.45) is -12.7. The molecular formula is C18H12BrClF8N2O. The van der Waals surface area contributed by atoms with E-state index < -0.39 is 56.1 Å². The van der Waals surface area contributed by atoms with Gasteiger partial charge in [-0.2, -0.15) is 26.3 Å². The van der Waals surface area contributed by atoms with Crippen LogP contribution in [0.4, 0.5) is 46.5 Å². The topological polar surface area (TPSA) is 41.1 Å². The van der Waals surface area contributed by atoms with Crippen molar-refractivity contribution in [2.45, 2.75) is 24.9 Å². The van der Waals surface area contributed by atoms with Gasteiger partial charge in [0, 0.05) is 16.6 Å². The third-order valence-corrected chi connectivity index (χ3v) is 4.99. The summed E-state index contributed by atoms with van der Waals surface area (Å²) in [7, 11) is 0. The number of rotatable bonds is 5. The van der Waals surface area contributed by atoms with Crippen LogP contribution in [0.15, 0.2) is 34.8 Å². The van der Waals surface area contributed by atoms with Crippen LogP contribution in [0.3, 0.4) is 0 Å². The molecule has 3 nitrogen and oxygen atoms in total. The van der Waals surface area contributed by atoms with Crippen LogP contribution in [0.5, 0.6) is 0 Å². The van der Waals surface area contributed by atoms with Crippen molar-refractivity contribution in [2.75, 3.05) is 17.2 Å². The minimum absolute atomic E-state index is 0.00627. The highest BCUT2D eigenvalue weighted by Gasteiger charge is 2.73. The average Bonchev–Trinajstić information content (AvgIpc) is 2.63. The predicted octanol–water partition coefficient (Wildman–Crippen LogP) is 7.22. The van der Waals surface area contributed by atoms with Gasteiger partial charge in [0.1, 0.15) is 0 Å². The van der Waals surface area contributed by atoms with Crippen LogP contribution in [0, 0.1) is 5.82 Å². The second kappa shape index (κ2) is 8.81. The molecule has 0 heterocycles. The number of hydrogen-bond donors (Lipinski definition) is 2. The maximum Gasteiger partial charge on any atom is 0.435 e. The first-order chi connectivity index (χ1) is 14.1. The molecule has 2 rings (SSSR count). The summed E-state index contributed by atoms with van der Waals surface area (Å²) >= 11 is 8.42. The molecule has 0 unspecified atom stereocenters. The van der Waals surface area contributed by atoms with Crippen molar-refractivity contribution in [1.82, 2.24) is 0 Å². The molecule has 0 saturated carbocycles. The fraction of sp³-hybridized carbons (Fsp3) is 0.278. The lowest BCUT2D eigenvalue weighted by Gasteiger charge is -2.30. The highest BCUT2D eigenvalue weighted by Crippen LogP contribution is 2.54. The van der Waals surface area contributed by atoms with Gasteiger partial charge in [-0.05, 0) is 47.1 Å². The van der Waals surface area contributed by atoms with Crippen molar-refractivity contribution in [2.24, 2.45) is 0 Å². The summed E-state index contributed by atoms with van der Waals surface area (Å²) in [6.45, 7) is 2.02. The number of hydrogen-bond acceptors (Lipinski definition) is 2. The quantitative estimate of drug-likeness (QED) is 0.394. The fourth-order valence-corrected chi connectivity index (χ4v) is 3.53. The van der Waals surface area contributed by atoms with E-state index in [9.17, 15) is 39.9 Å². The monoisotopic (exact) mass is 538 g/mol. The van der Waals surface area contributed by atoms with Gasteiger partial charge in [-0.15, -0.1) is 0 Å². The Balaban J connectivity index is 2.49. The SMILES string of the molecule is CCNc1cccc(C(=O)Nc2c(Cl)cc(C(F)(C(F)(F)F)C(F)(F)F)cc2Br)c1F. The van der Waals surface area contributed by atoms with E-state index in [4.69, 9.17) is 11.6 Å². The maximum atomic E-state index is 14.4. The number of amides is 1. The van der Waals surface area contributed by atoms with Crippen molar-refractivity contribution < 1.29 is 39.9 Å². The number of halogens is 10. The van der Waals surface area contributed by atoms with Crippen molar-refractivity contribution in [3.63, 3.8) is 0 Å². The highest BCUT2D eigenvalue weighted by molar-refractivity contribution is 9.10. The Labute approximate surface area is 183 Å². The molecule has 2 aromatic carbocycles. The standard InChI is InChI=1S/C18H12BrClF8N2O/c1-2-29-12-5-3-4-9(13(12)21)15(31)30-14-10(19)6-8(7-11(14)20)16(22,17(23,24)25)18(26,27)28/h3-7,29H,2H2,1H3,(H,30,31). The number of carbonyl (C=O) groups is 1. The van der Waals surface area contributed by atoms with Crippen LogP contribution in [0.2, 0.25) is 5.02 Å². The zero-order valence-corrected chi connectivity index (χ0v) is 17.6. The number of alkyl halides is 7. The van der Waals surface area contributed by atoms with Crippen LogP contribution < -0.4 is 10.6 Å². The number of anilines is 2. The molecule has 1 amide bonds.